The number of aryl methyl sites for hydroxylation is 1. The van der Waals surface area contributed by atoms with Gasteiger partial charge < -0.3 is 0 Å². The van der Waals surface area contributed by atoms with Gasteiger partial charge in [0, 0.05) is 4.90 Å². The number of H-pyrrole nitrogens is 1. The molecule has 6 heteroatoms. The Hall–Kier alpha value is -1.69. The van der Waals surface area contributed by atoms with Crippen molar-refractivity contribution >= 4 is 17.5 Å². The van der Waals surface area contributed by atoms with Crippen molar-refractivity contribution in [1.82, 2.24) is 15.2 Å². The number of rotatable bonds is 3. The number of Topliss-reactive ketones (excluding diaryl/α,β-unsaturated/α-hetero) is 1. The van der Waals surface area contributed by atoms with Crippen LogP contribution in [0.3, 0.4) is 0 Å². The summed E-state index contributed by atoms with van der Waals surface area (Å²) in [7, 11) is 0. The minimum Gasteiger partial charge on any atom is -0.294 e. The number of carbonyl (C=O) groups excluding carboxylic acids is 1. The minimum absolute atomic E-state index is 0.0833. The van der Waals surface area contributed by atoms with Crippen LogP contribution in [-0.4, -0.2) is 21.0 Å². The number of ketones is 1. The van der Waals surface area contributed by atoms with E-state index in [1.165, 1.54) is 13.0 Å². The van der Waals surface area contributed by atoms with Crippen molar-refractivity contribution in [3.63, 3.8) is 0 Å². The van der Waals surface area contributed by atoms with Gasteiger partial charge in [-0.1, -0.05) is 6.07 Å². The Morgan fingerprint density at radius 1 is 1.47 bits per heavy atom. The molecule has 0 aliphatic rings. The fourth-order valence-corrected chi connectivity index (χ4v) is 2.36. The molecule has 1 aromatic carbocycles. The fraction of sp³-hybridized carbons (Fsp3) is 0.182. The smallest absolute Gasteiger partial charge is 0.213 e. The SMILES string of the molecule is CC(=O)c1c(F)cccc1Sc1n[nH]c(C)n1. The van der Waals surface area contributed by atoms with E-state index in [-0.39, 0.29) is 11.3 Å². The summed E-state index contributed by atoms with van der Waals surface area (Å²) in [5.41, 5.74) is 0.0833. The van der Waals surface area contributed by atoms with Gasteiger partial charge in [-0.15, -0.1) is 5.10 Å². The maximum Gasteiger partial charge on any atom is 0.213 e. The first kappa shape index (κ1) is 11.8. The Morgan fingerprint density at radius 2 is 2.24 bits per heavy atom. The Balaban J connectivity index is 2.39. The molecule has 2 rings (SSSR count). The highest BCUT2D eigenvalue weighted by atomic mass is 32.2. The maximum atomic E-state index is 13.5. The molecule has 17 heavy (non-hydrogen) atoms. The van der Waals surface area contributed by atoms with E-state index in [0.717, 1.165) is 11.8 Å². The number of aromatic nitrogens is 3. The van der Waals surface area contributed by atoms with Gasteiger partial charge in [0.05, 0.1) is 5.56 Å². The van der Waals surface area contributed by atoms with Crippen LogP contribution < -0.4 is 0 Å². The van der Waals surface area contributed by atoms with E-state index < -0.39 is 5.82 Å². The van der Waals surface area contributed by atoms with Gasteiger partial charge in [-0.3, -0.25) is 9.89 Å². The monoisotopic (exact) mass is 251 g/mol. The van der Waals surface area contributed by atoms with Crippen molar-refractivity contribution in [2.24, 2.45) is 0 Å². The maximum absolute atomic E-state index is 13.5. The standard InChI is InChI=1S/C11H10FN3OS/c1-6(16)10-8(12)4-3-5-9(10)17-11-13-7(2)14-15-11/h3-5H,1-2H3,(H,13,14,15). The van der Waals surface area contributed by atoms with Gasteiger partial charge in [0.15, 0.2) is 5.78 Å². The second-order valence-electron chi connectivity index (χ2n) is 3.47. The lowest BCUT2D eigenvalue weighted by molar-refractivity contribution is 0.101. The van der Waals surface area contributed by atoms with E-state index in [4.69, 9.17) is 0 Å². The Morgan fingerprint density at radius 3 is 2.82 bits per heavy atom. The first-order valence-electron chi connectivity index (χ1n) is 4.94. The predicted octanol–water partition coefficient (Wildman–Crippen LogP) is 2.61. The summed E-state index contributed by atoms with van der Waals surface area (Å²) in [6.07, 6.45) is 0. The van der Waals surface area contributed by atoms with E-state index in [0.29, 0.717) is 15.9 Å². The second kappa shape index (κ2) is 4.67. The molecular weight excluding hydrogens is 241 g/mol. The number of nitrogens with zero attached hydrogens (tertiary/aromatic N) is 2. The summed E-state index contributed by atoms with van der Waals surface area (Å²) in [5, 5.41) is 7.09. The summed E-state index contributed by atoms with van der Waals surface area (Å²) in [4.78, 5) is 16.0. The molecule has 0 fully saturated rings. The van der Waals surface area contributed by atoms with E-state index in [1.807, 2.05) is 0 Å². The third-order valence-corrected chi connectivity index (χ3v) is 3.03. The molecule has 0 aliphatic carbocycles. The van der Waals surface area contributed by atoms with Gasteiger partial charge in [0.1, 0.15) is 11.6 Å². The zero-order valence-electron chi connectivity index (χ0n) is 9.32. The summed E-state index contributed by atoms with van der Waals surface area (Å²) < 4.78 is 13.5. The molecule has 0 saturated carbocycles. The minimum atomic E-state index is -0.519. The molecule has 88 valence electrons. The van der Waals surface area contributed by atoms with Crippen LogP contribution in [0.4, 0.5) is 4.39 Å². The van der Waals surface area contributed by atoms with Gasteiger partial charge in [0.25, 0.3) is 0 Å². The van der Waals surface area contributed by atoms with Crippen LogP contribution in [-0.2, 0) is 0 Å². The largest absolute Gasteiger partial charge is 0.294 e. The lowest BCUT2D eigenvalue weighted by Crippen LogP contribution is -1.99. The predicted molar refractivity (Wildman–Crippen MR) is 61.6 cm³/mol. The van der Waals surface area contributed by atoms with Crippen molar-refractivity contribution in [3.05, 3.63) is 35.4 Å². The number of halogens is 1. The molecule has 1 aromatic heterocycles. The van der Waals surface area contributed by atoms with Gasteiger partial charge in [-0.05, 0) is 37.7 Å². The van der Waals surface area contributed by atoms with Crippen molar-refractivity contribution in [2.45, 2.75) is 23.9 Å². The average Bonchev–Trinajstić information content (AvgIpc) is 2.63. The number of hydrogen-bond donors (Lipinski definition) is 1. The molecule has 4 nitrogen and oxygen atoms in total. The third kappa shape index (κ3) is 2.52. The number of nitrogens with one attached hydrogen (secondary N) is 1. The molecule has 2 aromatic rings. The van der Waals surface area contributed by atoms with E-state index in [2.05, 4.69) is 15.2 Å². The van der Waals surface area contributed by atoms with Crippen molar-refractivity contribution in [2.75, 3.05) is 0 Å². The molecule has 1 heterocycles. The van der Waals surface area contributed by atoms with Crippen molar-refractivity contribution in [1.29, 1.82) is 0 Å². The first-order chi connectivity index (χ1) is 8.08. The topological polar surface area (TPSA) is 58.6 Å². The summed E-state index contributed by atoms with van der Waals surface area (Å²) in [6.45, 7) is 3.11. The lowest BCUT2D eigenvalue weighted by Gasteiger charge is -2.04. The molecular formula is C11H10FN3OS. The van der Waals surface area contributed by atoms with Crippen LogP contribution >= 0.6 is 11.8 Å². The molecule has 0 amide bonds. The van der Waals surface area contributed by atoms with Gasteiger partial charge >= 0.3 is 0 Å². The molecule has 0 bridgehead atoms. The van der Waals surface area contributed by atoms with Crippen LogP contribution in [0.1, 0.15) is 23.1 Å². The third-order valence-electron chi connectivity index (χ3n) is 2.11. The van der Waals surface area contributed by atoms with Crippen molar-refractivity contribution < 1.29 is 9.18 Å². The van der Waals surface area contributed by atoms with E-state index in [9.17, 15) is 9.18 Å². The summed E-state index contributed by atoms with van der Waals surface area (Å²) in [5.74, 6) is -0.152. The summed E-state index contributed by atoms with van der Waals surface area (Å²) >= 11 is 1.16. The van der Waals surface area contributed by atoms with Crippen LogP contribution in [0.5, 0.6) is 0 Å². The lowest BCUT2D eigenvalue weighted by atomic mass is 10.1. The zero-order chi connectivity index (χ0) is 12.4. The molecule has 0 radical (unpaired) electrons. The van der Waals surface area contributed by atoms with Crippen molar-refractivity contribution in [3.8, 4) is 0 Å². The number of carbonyl (C=O) groups is 1. The number of benzene rings is 1. The van der Waals surface area contributed by atoms with Crippen LogP contribution in [0, 0.1) is 12.7 Å². The molecule has 0 saturated heterocycles. The summed E-state index contributed by atoms with van der Waals surface area (Å²) in [6, 6.07) is 4.50. The highest BCUT2D eigenvalue weighted by molar-refractivity contribution is 7.99. The normalized spacial score (nSPS) is 10.5. The van der Waals surface area contributed by atoms with Crippen LogP contribution in [0.2, 0.25) is 0 Å². The number of aromatic amines is 1. The first-order valence-corrected chi connectivity index (χ1v) is 5.76. The quantitative estimate of drug-likeness (QED) is 0.852. The Labute approximate surface area is 102 Å². The Kier molecular flexibility index (Phi) is 3.23. The van der Waals surface area contributed by atoms with E-state index in [1.54, 1.807) is 19.1 Å². The van der Waals surface area contributed by atoms with Crippen LogP contribution in [0.15, 0.2) is 28.3 Å². The second-order valence-corrected chi connectivity index (χ2v) is 4.48. The highest BCUT2D eigenvalue weighted by Gasteiger charge is 2.15. The van der Waals surface area contributed by atoms with Crippen LogP contribution in [0.25, 0.3) is 0 Å². The Bertz CT molecular complexity index is 568. The number of hydrogen-bond acceptors (Lipinski definition) is 4. The molecule has 0 unspecified atom stereocenters. The molecule has 0 atom stereocenters. The molecule has 1 N–H and O–H groups in total. The molecule has 0 spiro atoms. The zero-order valence-corrected chi connectivity index (χ0v) is 10.1. The van der Waals surface area contributed by atoms with Gasteiger partial charge in [-0.25, -0.2) is 9.37 Å². The van der Waals surface area contributed by atoms with Gasteiger partial charge in [-0.2, -0.15) is 0 Å². The average molecular weight is 251 g/mol. The highest BCUT2D eigenvalue weighted by Crippen LogP contribution is 2.29. The van der Waals surface area contributed by atoms with E-state index >= 15 is 0 Å². The fourth-order valence-electron chi connectivity index (χ4n) is 1.40. The molecule has 0 aliphatic heterocycles. The van der Waals surface area contributed by atoms with Gasteiger partial charge in [0.2, 0.25) is 5.16 Å².